The predicted molar refractivity (Wildman–Crippen MR) is 79.0 cm³/mol. The smallest absolute Gasteiger partial charge is 0.149 e. The highest BCUT2D eigenvalue weighted by Gasteiger charge is 2.23. The Hall–Kier alpha value is -1.16. The molecule has 1 aliphatic rings. The molecule has 0 spiro atoms. The molecule has 1 aliphatic carbocycles. The average Bonchev–Trinajstić information content (AvgIpc) is 2.37. The van der Waals surface area contributed by atoms with E-state index >= 15 is 0 Å². The number of hydrogen-bond donors (Lipinski definition) is 1. The minimum atomic E-state index is -0.445. The molecule has 0 unspecified atom stereocenters. The van der Waals surface area contributed by atoms with Crippen LogP contribution in [0, 0.1) is 17.6 Å². The first kappa shape index (κ1) is 15.2. The number of halogens is 2. The van der Waals surface area contributed by atoms with E-state index in [1.54, 1.807) is 0 Å². The van der Waals surface area contributed by atoms with Crippen LogP contribution >= 0.6 is 0 Å². The van der Waals surface area contributed by atoms with Gasteiger partial charge in [-0.25, -0.2) is 8.78 Å². The first-order valence-corrected chi connectivity index (χ1v) is 7.59. The summed E-state index contributed by atoms with van der Waals surface area (Å²) in [5.74, 6) is -0.298. The second-order valence-corrected chi connectivity index (χ2v) is 5.52. The zero-order valence-corrected chi connectivity index (χ0v) is 12.4. The summed E-state index contributed by atoms with van der Waals surface area (Å²) in [5, 5.41) is 3.09. The lowest BCUT2D eigenvalue weighted by molar-refractivity contribution is 0.317. The van der Waals surface area contributed by atoms with Crippen LogP contribution in [0.3, 0.4) is 0 Å². The summed E-state index contributed by atoms with van der Waals surface area (Å²) < 4.78 is 28.5. The van der Waals surface area contributed by atoms with E-state index in [9.17, 15) is 8.78 Å². The normalized spacial score (nSPS) is 15.2. The van der Waals surface area contributed by atoms with Crippen LogP contribution in [0.5, 0.6) is 0 Å². The Labute approximate surface area is 120 Å². The van der Waals surface area contributed by atoms with Crippen molar-refractivity contribution in [1.82, 2.24) is 5.32 Å². The van der Waals surface area contributed by atoms with Gasteiger partial charge >= 0.3 is 0 Å². The average molecular weight is 282 g/mol. The van der Waals surface area contributed by atoms with Gasteiger partial charge in [0.2, 0.25) is 0 Å². The van der Waals surface area contributed by atoms with Gasteiger partial charge in [0.1, 0.15) is 17.3 Å². The lowest BCUT2D eigenvalue weighted by Gasteiger charge is -2.33. The van der Waals surface area contributed by atoms with E-state index in [1.165, 1.54) is 31.4 Å². The summed E-state index contributed by atoms with van der Waals surface area (Å²) >= 11 is 0. The lowest BCUT2D eigenvalue weighted by Crippen LogP contribution is -2.33. The topological polar surface area (TPSA) is 15.3 Å². The van der Waals surface area contributed by atoms with Crippen molar-refractivity contribution in [2.45, 2.75) is 39.7 Å². The molecule has 0 atom stereocenters. The van der Waals surface area contributed by atoms with Crippen LogP contribution in [0.4, 0.5) is 14.5 Å². The predicted octanol–water partition coefficient (Wildman–Crippen LogP) is 3.70. The number of hydrogen-bond acceptors (Lipinski definition) is 2. The summed E-state index contributed by atoms with van der Waals surface area (Å²) in [6.07, 6.45) is 3.60. The molecular weight excluding hydrogens is 258 g/mol. The van der Waals surface area contributed by atoms with Crippen molar-refractivity contribution in [1.29, 1.82) is 0 Å². The van der Waals surface area contributed by atoms with Crippen LogP contribution < -0.4 is 10.2 Å². The Morgan fingerprint density at radius 1 is 1.20 bits per heavy atom. The first-order chi connectivity index (χ1) is 9.65. The largest absolute Gasteiger partial charge is 0.367 e. The molecule has 112 valence electrons. The molecule has 1 fully saturated rings. The molecule has 0 aromatic heterocycles. The molecule has 0 heterocycles. The van der Waals surface area contributed by atoms with Gasteiger partial charge in [-0.2, -0.15) is 0 Å². The summed E-state index contributed by atoms with van der Waals surface area (Å²) in [7, 11) is 0. The molecule has 1 aromatic rings. The SMILES string of the molecule is CCNCc1cc(F)c(N(CC)CC2CCC2)c(F)c1. The minimum absolute atomic E-state index is 0.139. The maximum atomic E-state index is 14.2. The van der Waals surface area contributed by atoms with Crippen LogP contribution in [0.2, 0.25) is 0 Å². The summed E-state index contributed by atoms with van der Waals surface area (Å²) in [5.41, 5.74) is 0.796. The Morgan fingerprint density at radius 2 is 1.85 bits per heavy atom. The standard InChI is InChI=1S/C16H24F2N2/c1-3-19-10-13-8-14(17)16(15(18)9-13)20(4-2)11-12-6-5-7-12/h8-9,12,19H,3-7,10-11H2,1-2H3. The van der Waals surface area contributed by atoms with Crippen LogP contribution in [0.25, 0.3) is 0 Å². The van der Waals surface area contributed by atoms with E-state index in [2.05, 4.69) is 5.32 Å². The van der Waals surface area contributed by atoms with Crippen LogP contribution in [-0.4, -0.2) is 19.6 Å². The van der Waals surface area contributed by atoms with Crippen molar-refractivity contribution in [3.63, 3.8) is 0 Å². The lowest BCUT2D eigenvalue weighted by atomic mass is 9.85. The van der Waals surface area contributed by atoms with Crippen molar-refractivity contribution in [3.05, 3.63) is 29.3 Å². The highest BCUT2D eigenvalue weighted by molar-refractivity contribution is 5.50. The summed E-state index contributed by atoms with van der Waals surface area (Å²) in [4.78, 5) is 1.84. The van der Waals surface area contributed by atoms with Crippen LogP contribution in [0.15, 0.2) is 12.1 Å². The van der Waals surface area contributed by atoms with Gasteiger partial charge in [0, 0.05) is 19.6 Å². The van der Waals surface area contributed by atoms with Gasteiger partial charge in [-0.3, -0.25) is 0 Å². The number of benzene rings is 1. The fourth-order valence-corrected chi connectivity index (χ4v) is 2.66. The molecule has 4 heteroatoms. The Balaban J connectivity index is 2.16. The second kappa shape index (κ2) is 7.02. The summed E-state index contributed by atoms with van der Waals surface area (Å²) in [6.45, 7) is 6.60. The first-order valence-electron chi connectivity index (χ1n) is 7.59. The van der Waals surface area contributed by atoms with Gasteiger partial charge in [0.25, 0.3) is 0 Å². The second-order valence-electron chi connectivity index (χ2n) is 5.52. The van der Waals surface area contributed by atoms with Crippen molar-refractivity contribution in [3.8, 4) is 0 Å². The van der Waals surface area contributed by atoms with Gasteiger partial charge in [-0.05, 0) is 49.9 Å². The molecule has 2 nitrogen and oxygen atoms in total. The third kappa shape index (κ3) is 3.48. The Bertz CT molecular complexity index is 421. The molecule has 0 saturated heterocycles. The molecule has 1 aromatic carbocycles. The highest BCUT2D eigenvalue weighted by Crippen LogP contribution is 2.31. The minimum Gasteiger partial charge on any atom is -0.367 e. The molecule has 0 bridgehead atoms. The molecule has 1 N–H and O–H groups in total. The molecule has 1 saturated carbocycles. The monoisotopic (exact) mass is 282 g/mol. The van der Waals surface area contributed by atoms with Gasteiger partial charge < -0.3 is 10.2 Å². The molecular formula is C16H24F2N2. The number of nitrogens with one attached hydrogen (secondary N) is 1. The van der Waals surface area contributed by atoms with E-state index in [1.807, 2.05) is 18.7 Å². The van der Waals surface area contributed by atoms with Crippen LogP contribution in [0.1, 0.15) is 38.7 Å². The quantitative estimate of drug-likeness (QED) is 0.820. The van der Waals surface area contributed by atoms with Crippen LogP contribution in [-0.2, 0) is 6.54 Å². The van der Waals surface area contributed by atoms with Crippen molar-refractivity contribution < 1.29 is 8.78 Å². The zero-order valence-electron chi connectivity index (χ0n) is 12.4. The molecule has 0 aliphatic heterocycles. The number of anilines is 1. The van der Waals surface area contributed by atoms with E-state index in [-0.39, 0.29) is 5.69 Å². The zero-order chi connectivity index (χ0) is 14.5. The maximum Gasteiger partial charge on any atom is 0.149 e. The summed E-state index contributed by atoms with van der Waals surface area (Å²) in [6, 6.07) is 2.90. The van der Waals surface area contributed by atoms with Gasteiger partial charge in [-0.15, -0.1) is 0 Å². The van der Waals surface area contributed by atoms with Gasteiger partial charge in [0.05, 0.1) is 0 Å². The van der Waals surface area contributed by atoms with Crippen molar-refractivity contribution in [2.24, 2.45) is 5.92 Å². The van der Waals surface area contributed by atoms with Crippen molar-refractivity contribution in [2.75, 3.05) is 24.5 Å². The van der Waals surface area contributed by atoms with E-state index < -0.39 is 11.6 Å². The third-order valence-corrected chi connectivity index (χ3v) is 4.06. The fourth-order valence-electron chi connectivity index (χ4n) is 2.66. The van der Waals surface area contributed by atoms with Gasteiger partial charge in [0.15, 0.2) is 0 Å². The molecule has 2 rings (SSSR count). The van der Waals surface area contributed by atoms with E-state index in [0.717, 1.165) is 13.1 Å². The molecule has 20 heavy (non-hydrogen) atoms. The number of rotatable bonds is 7. The van der Waals surface area contributed by atoms with Gasteiger partial charge in [-0.1, -0.05) is 13.3 Å². The van der Waals surface area contributed by atoms with E-state index in [0.29, 0.717) is 24.6 Å². The Kier molecular flexibility index (Phi) is 5.35. The Morgan fingerprint density at radius 3 is 2.30 bits per heavy atom. The highest BCUT2D eigenvalue weighted by atomic mass is 19.1. The fraction of sp³-hybridized carbons (Fsp3) is 0.625. The molecule has 0 radical (unpaired) electrons. The third-order valence-electron chi connectivity index (χ3n) is 4.06. The molecule has 0 amide bonds. The van der Waals surface area contributed by atoms with Crippen molar-refractivity contribution >= 4 is 5.69 Å². The number of nitrogens with zero attached hydrogens (tertiary/aromatic N) is 1. The maximum absolute atomic E-state index is 14.2. The van der Waals surface area contributed by atoms with E-state index in [4.69, 9.17) is 0 Å².